The summed E-state index contributed by atoms with van der Waals surface area (Å²) in [7, 11) is 2.75. The van der Waals surface area contributed by atoms with Gasteiger partial charge in [0, 0.05) is 9.13 Å². The fraction of sp³-hybridized carbons (Fsp3) is 0.323. The topological polar surface area (TPSA) is 148 Å². The van der Waals surface area contributed by atoms with E-state index in [4.69, 9.17) is 28.9 Å². The van der Waals surface area contributed by atoms with Crippen LogP contribution in [0.2, 0.25) is 0 Å². The van der Waals surface area contributed by atoms with Gasteiger partial charge in [0.1, 0.15) is 6.07 Å². The van der Waals surface area contributed by atoms with E-state index >= 15 is 0 Å². The van der Waals surface area contributed by atoms with E-state index in [9.17, 15) is 14.4 Å². The predicted octanol–water partition coefficient (Wildman–Crippen LogP) is 3.26. The number of nitriles is 1. The Labute approximate surface area is 276 Å². The first-order valence-corrected chi connectivity index (χ1v) is 15.6. The molecule has 0 spiro atoms. The van der Waals surface area contributed by atoms with E-state index in [2.05, 4.69) is 32.3 Å². The summed E-state index contributed by atoms with van der Waals surface area (Å²) in [4.78, 5) is 44.2. The molecule has 3 aromatic rings. The van der Waals surface area contributed by atoms with Crippen molar-refractivity contribution in [3.05, 3.63) is 76.0 Å². The number of hydrogen-bond acceptors (Lipinski definition) is 12. The summed E-state index contributed by atoms with van der Waals surface area (Å²) in [5.74, 6) is 0.139. The molecule has 1 aliphatic heterocycles. The van der Waals surface area contributed by atoms with Crippen LogP contribution in [0.4, 0.5) is 0 Å². The minimum absolute atomic E-state index is 0.122. The Morgan fingerprint density at radius 2 is 1.87 bits per heavy atom. The van der Waals surface area contributed by atoms with Crippen LogP contribution in [-0.4, -0.2) is 57.2 Å². The molecule has 236 valence electrons. The highest BCUT2D eigenvalue weighted by molar-refractivity contribution is 14.1. The van der Waals surface area contributed by atoms with Gasteiger partial charge in [-0.2, -0.15) is 5.26 Å². The Kier molecular flexibility index (Phi) is 11.2. The summed E-state index contributed by atoms with van der Waals surface area (Å²) in [5, 5.41) is 9.12. The molecular weight excluding hydrogens is 717 g/mol. The van der Waals surface area contributed by atoms with Gasteiger partial charge in [-0.3, -0.25) is 9.36 Å². The van der Waals surface area contributed by atoms with Gasteiger partial charge in [0.25, 0.3) is 5.56 Å². The number of esters is 2. The Bertz CT molecular complexity index is 1870. The van der Waals surface area contributed by atoms with Crippen LogP contribution < -0.4 is 33.8 Å². The van der Waals surface area contributed by atoms with Crippen molar-refractivity contribution in [1.82, 2.24) is 4.57 Å². The molecule has 0 saturated heterocycles. The zero-order valence-corrected chi connectivity index (χ0v) is 28.1. The van der Waals surface area contributed by atoms with Crippen LogP contribution in [0.3, 0.4) is 0 Å². The second kappa shape index (κ2) is 15.1. The largest absolute Gasteiger partial charge is 0.493 e. The van der Waals surface area contributed by atoms with Crippen molar-refractivity contribution in [2.75, 3.05) is 40.6 Å². The summed E-state index contributed by atoms with van der Waals surface area (Å²) in [5.41, 5.74) is 1.23. The van der Waals surface area contributed by atoms with E-state index in [-0.39, 0.29) is 37.8 Å². The van der Waals surface area contributed by atoms with E-state index in [0.29, 0.717) is 43.4 Å². The van der Waals surface area contributed by atoms with Gasteiger partial charge in [-0.1, -0.05) is 17.4 Å². The lowest BCUT2D eigenvalue weighted by atomic mass is 9.95. The van der Waals surface area contributed by atoms with Crippen molar-refractivity contribution in [2.45, 2.75) is 26.8 Å². The number of rotatable bonds is 12. The number of ether oxygens (including phenoxy) is 6. The molecular formula is C31H30IN3O9S. The number of fused-ring (bicyclic) bond motifs is 1. The lowest BCUT2D eigenvalue weighted by Gasteiger charge is -2.25. The molecule has 0 fully saturated rings. The van der Waals surface area contributed by atoms with Crippen molar-refractivity contribution in [1.29, 1.82) is 5.26 Å². The van der Waals surface area contributed by atoms with E-state index in [1.54, 1.807) is 51.1 Å². The van der Waals surface area contributed by atoms with Crippen LogP contribution >= 0.6 is 33.9 Å². The first-order valence-electron chi connectivity index (χ1n) is 13.7. The summed E-state index contributed by atoms with van der Waals surface area (Å²) in [6.07, 6.45) is 1.65. The number of thiazole rings is 1. The highest BCUT2D eigenvalue weighted by Crippen LogP contribution is 2.37. The number of halogens is 1. The second-order valence-corrected chi connectivity index (χ2v) is 11.5. The molecule has 12 nitrogen and oxygen atoms in total. The van der Waals surface area contributed by atoms with Gasteiger partial charge in [0.05, 0.1) is 49.3 Å². The van der Waals surface area contributed by atoms with E-state index in [0.717, 1.165) is 14.9 Å². The highest BCUT2D eigenvalue weighted by atomic mass is 127. The zero-order chi connectivity index (χ0) is 32.7. The van der Waals surface area contributed by atoms with Crippen molar-refractivity contribution in [2.24, 2.45) is 4.99 Å². The standard InChI is InChI=1S/C31H30IN3O9S/c1-6-41-22-13-18(8-9-21(22)44-16-25(36)40-5)27-26(30(38)42-7-2)17(3)34-31-35(27)29(37)24(45-31)14-19-12-20(32)15-23(39-4)28(19)43-11-10-33/h8-9,12-15,27H,6-7,11,16H2,1-5H3/b24-14+/t27-/m0/s1. The number of aromatic nitrogens is 1. The Morgan fingerprint density at radius 1 is 1.09 bits per heavy atom. The summed E-state index contributed by atoms with van der Waals surface area (Å²) in [6.45, 7) is 5.03. The SMILES string of the molecule is CCOC(=O)C1=C(C)N=c2s/c(=C/c3cc(I)cc(OC)c3OCC#N)c(=O)n2[C@H]1c1ccc(OCC(=O)OC)c(OCC)c1. The number of carbonyl (C=O) groups is 2. The van der Waals surface area contributed by atoms with Gasteiger partial charge in [0.2, 0.25) is 0 Å². The fourth-order valence-electron chi connectivity index (χ4n) is 4.63. The second-order valence-electron chi connectivity index (χ2n) is 9.28. The summed E-state index contributed by atoms with van der Waals surface area (Å²) < 4.78 is 35.2. The molecule has 1 atom stereocenters. The number of methoxy groups -OCH3 is 2. The fourth-order valence-corrected chi connectivity index (χ4v) is 6.29. The van der Waals surface area contributed by atoms with Crippen LogP contribution in [0.1, 0.15) is 37.9 Å². The molecule has 45 heavy (non-hydrogen) atoms. The van der Waals surface area contributed by atoms with Crippen LogP contribution in [0.5, 0.6) is 23.0 Å². The van der Waals surface area contributed by atoms with Crippen molar-refractivity contribution in [3.63, 3.8) is 0 Å². The maximum atomic E-state index is 14.2. The Morgan fingerprint density at radius 3 is 2.53 bits per heavy atom. The third kappa shape index (κ3) is 7.31. The summed E-state index contributed by atoms with van der Waals surface area (Å²) in [6, 6.07) is 9.55. The van der Waals surface area contributed by atoms with Gasteiger partial charge in [-0.05, 0) is 79.3 Å². The maximum Gasteiger partial charge on any atom is 0.343 e. The minimum Gasteiger partial charge on any atom is -0.493 e. The van der Waals surface area contributed by atoms with Gasteiger partial charge in [0.15, 0.2) is 41.0 Å². The molecule has 0 radical (unpaired) electrons. The number of nitrogens with zero attached hydrogens (tertiary/aromatic N) is 3. The number of hydrogen-bond donors (Lipinski definition) is 0. The molecule has 2 heterocycles. The van der Waals surface area contributed by atoms with Crippen molar-refractivity contribution in [3.8, 4) is 29.1 Å². The molecule has 0 aliphatic carbocycles. The van der Waals surface area contributed by atoms with Gasteiger partial charge in [-0.25, -0.2) is 14.6 Å². The van der Waals surface area contributed by atoms with E-state index in [1.807, 2.05) is 12.1 Å². The van der Waals surface area contributed by atoms with Gasteiger partial charge >= 0.3 is 11.9 Å². The first-order chi connectivity index (χ1) is 21.7. The summed E-state index contributed by atoms with van der Waals surface area (Å²) >= 11 is 3.27. The lowest BCUT2D eigenvalue weighted by molar-refractivity contribution is -0.143. The van der Waals surface area contributed by atoms with Crippen molar-refractivity contribution < 1.29 is 38.0 Å². The molecule has 0 N–H and O–H groups in total. The molecule has 4 rings (SSSR count). The van der Waals surface area contributed by atoms with Crippen LogP contribution in [-0.2, 0) is 19.1 Å². The predicted molar refractivity (Wildman–Crippen MR) is 172 cm³/mol. The zero-order valence-electron chi connectivity index (χ0n) is 25.2. The molecule has 0 unspecified atom stereocenters. The average Bonchev–Trinajstić information content (AvgIpc) is 3.32. The lowest BCUT2D eigenvalue weighted by Crippen LogP contribution is -2.40. The third-order valence-corrected chi connectivity index (χ3v) is 8.12. The van der Waals surface area contributed by atoms with Crippen molar-refractivity contribution >= 4 is 51.9 Å². The molecule has 1 aliphatic rings. The smallest absolute Gasteiger partial charge is 0.343 e. The van der Waals surface area contributed by atoms with Gasteiger partial charge < -0.3 is 28.4 Å². The van der Waals surface area contributed by atoms with Gasteiger partial charge in [-0.15, -0.1) is 0 Å². The number of carbonyl (C=O) groups excluding carboxylic acids is 2. The molecule has 14 heteroatoms. The monoisotopic (exact) mass is 747 g/mol. The van der Waals surface area contributed by atoms with Crippen LogP contribution in [0.25, 0.3) is 6.08 Å². The molecule has 0 bridgehead atoms. The van der Waals surface area contributed by atoms with E-state index < -0.39 is 23.5 Å². The minimum atomic E-state index is -0.920. The maximum absolute atomic E-state index is 14.2. The molecule has 0 saturated carbocycles. The molecule has 0 amide bonds. The normalized spacial score (nSPS) is 14.2. The molecule has 2 aromatic carbocycles. The number of benzene rings is 2. The first kappa shape index (κ1) is 33.5. The quantitative estimate of drug-likeness (QED) is 0.200. The number of allylic oxidation sites excluding steroid dienone is 1. The van der Waals surface area contributed by atoms with Crippen LogP contribution in [0.15, 0.2) is 51.4 Å². The third-order valence-electron chi connectivity index (χ3n) is 6.51. The van der Waals surface area contributed by atoms with Crippen LogP contribution in [0, 0.1) is 14.9 Å². The Hall–Kier alpha value is -4.36. The average molecular weight is 748 g/mol. The molecule has 1 aromatic heterocycles. The van der Waals surface area contributed by atoms with E-state index in [1.165, 1.54) is 18.8 Å². The highest BCUT2D eigenvalue weighted by Gasteiger charge is 2.34. The Balaban J connectivity index is 1.94.